The SMILES string of the molecule is Nc1ccn([C@@H]2O[C@H](CO)[C@H]3[O][Sn]([c]4ccccc4)([c]4ccccc4)[O][C@@H]32)c(=O)n1. The van der Waals surface area contributed by atoms with E-state index in [9.17, 15) is 9.90 Å². The number of aromatic nitrogens is 2. The van der Waals surface area contributed by atoms with Gasteiger partial charge in [0.25, 0.3) is 0 Å². The molecule has 1 aromatic heterocycles. The summed E-state index contributed by atoms with van der Waals surface area (Å²) in [5.74, 6) is 0.134. The number of rotatable bonds is 4. The first kappa shape index (κ1) is 19.7. The molecular weight excluding hydrogens is 493 g/mol. The van der Waals surface area contributed by atoms with E-state index in [1.807, 2.05) is 60.7 Å². The molecule has 154 valence electrons. The molecule has 3 heterocycles. The van der Waals surface area contributed by atoms with Gasteiger partial charge in [0.05, 0.1) is 0 Å². The maximum absolute atomic E-state index is 12.5. The molecule has 0 amide bonds. The fraction of sp³-hybridized carbons (Fsp3) is 0.238. The monoisotopic (exact) mass is 515 g/mol. The predicted octanol–water partition coefficient (Wildman–Crippen LogP) is -0.244. The Morgan fingerprint density at radius 3 is 2.13 bits per heavy atom. The van der Waals surface area contributed by atoms with Gasteiger partial charge in [-0.15, -0.1) is 0 Å². The molecule has 3 N–H and O–H groups in total. The van der Waals surface area contributed by atoms with Crippen LogP contribution in [0, 0.1) is 0 Å². The van der Waals surface area contributed by atoms with Gasteiger partial charge in [-0.25, -0.2) is 0 Å². The number of hydrogen-bond donors (Lipinski definition) is 2. The zero-order valence-electron chi connectivity index (χ0n) is 16.0. The van der Waals surface area contributed by atoms with E-state index in [4.69, 9.17) is 16.6 Å². The average Bonchev–Trinajstić information content (AvgIpc) is 3.32. The topological polar surface area (TPSA) is 109 Å². The van der Waals surface area contributed by atoms with Crippen molar-refractivity contribution in [2.75, 3.05) is 12.3 Å². The van der Waals surface area contributed by atoms with Gasteiger partial charge in [0, 0.05) is 0 Å². The van der Waals surface area contributed by atoms with Gasteiger partial charge in [0.1, 0.15) is 0 Å². The summed E-state index contributed by atoms with van der Waals surface area (Å²) in [6, 6.07) is 21.4. The molecule has 2 aliphatic rings. The first-order valence-corrected chi connectivity index (χ1v) is 14.9. The Hall–Kier alpha value is -2.24. The molecule has 2 saturated heterocycles. The molecule has 2 aliphatic heterocycles. The standard InChI is InChI=1S/C9H11N3O5.2C6H5.Sn/c10-5-1-2-12(9(16)11-5)8-7(15)6(14)4(3-13)17-8;2*1-2-4-6-5-3-1;/h1-2,4,6-8,13H,3H2,(H2,10,11,16);2*1-5H;/q-2;;;+2/t4-,6-,7+,8-;;;/m1.../s1. The Labute approximate surface area is 177 Å². The van der Waals surface area contributed by atoms with Gasteiger partial charge in [-0.2, -0.15) is 0 Å². The molecule has 30 heavy (non-hydrogen) atoms. The second kappa shape index (κ2) is 7.78. The molecule has 0 bridgehead atoms. The number of ether oxygens (including phenoxy) is 1. The number of nitrogens with two attached hydrogens (primary N) is 1. The van der Waals surface area contributed by atoms with Crippen molar-refractivity contribution in [1.29, 1.82) is 0 Å². The van der Waals surface area contributed by atoms with Gasteiger partial charge in [-0.3, -0.25) is 0 Å². The normalized spacial score (nSPS) is 27.1. The van der Waals surface area contributed by atoms with Crippen molar-refractivity contribution in [2.24, 2.45) is 0 Å². The number of anilines is 1. The van der Waals surface area contributed by atoms with Gasteiger partial charge in [0.2, 0.25) is 0 Å². The maximum atomic E-state index is 12.5. The number of aliphatic hydroxyl groups excluding tert-OH is 1. The van der Waals surface area contributed by atoms with Crippen LogP contribution in [0.5, 0.6) is 0 Å². The Balaban J connectivity index is 1.61. The van der Waals surface area contributed by atoms with Crippen molar-refractivity contribution in [3.05, 3.63) is 83.4 Å². The van der Waals surface area contributed by atoms with E-state index in [0.29, 0.717) is 0 Å². The molecule has 0 saturated carbocycles. The summed E-state index contributed by atoms with van der Waals surface area (Å²) in [5.41, 5.74) is 5.10. The molecule has 3 aromatic rings. The Kier molecular flexibility index (Phi) is 5.11. The number of fused-ring (bicyclic) bond motifs is 1. The van der Waals surface area contributed by atoms with Crippen LogP contribution in [0.25, 0.3) is 0 Å². The van der Waals surface area contributed by atoms with Gasteiger partial charge < -0.3 is 0 Å². The van der Waals surface area contributed by atoms with E-state index in [1.54, 1.807) is 0 Å². The summed E-state index contributed by atoms with van der Waals surface area (Å²) < 4.78 is 22.8. The van der Waals surface area contributed by atoms with Gasteiger partial charge in [-0.1, -0.05) is 0 Å². The molecule has 0 spiro atoms. The number of benzene rings is 2. The quantitative estimate of drug-likeness (QED) is 0.463. The third-order valence-corrected chi connectivity index (χ3v) is 15.2. The first-order valence-electron chi connectivity index (χ1n) is 9.70. The van der Waals surface area contributed by atoms with E-state index in [0.717, 1.165) is 7.16 Å². The van der Waals surface area contributed by atoms with Crippen LogP contribution in [0.4, 0.5) is 5.82 Å². The van der Waals surface area contributed by atoms with Crippen molar-refractivity contribution in [3.63, 3.8) is 0 Å². The van der Waals surface area contributed by atoms with Crippen molar-refractivity contribution in [1.82, 2.24) is 9.55 Å². The Morgan fingerprint density at radius 2 is 1.57 bits per heavy atom. The van der Waals surface area contributed by atoms with Crippen LogP contribution < -0.4 is 18.6 Å². The van der Waals surface area contributed by atoms with Gasteiger partial charge in [-0.05, 0) is 0 Å². The minimum atomic E-state index is -4.06. The van der Waals surface area contributed by atoms with Crippen LogP contribution >= 0.6 is 0 Å². The van der Waals surface area contributed by atoms with E-state index in [-0.39, 0.29) is 12.4 Å². The van der Waals surface area contributed by atoms with Crippen LogP contribution in [0.1, 0.15) is 6.23 Å². The summed E-state index contributed by atoms with van der Waals surface area (Å²) in [7, 11) is 0. The summed E-state index contributed by atoms with van der Waals surface area (Å²) in [6.45, 7) is -0.246. The molecule has 9 heteroatoms. The summed E-state index contributed by atoms with van der Waals surface area (Å²) >= 11 is -4.06. The summed E-state index contributed by atoms with van der Waals surface area (Å²) in [4.78, 5) is 16.3. The van der Waals surface area contributed by atoms with Crippen LogP contribution in [-0.2, 0) is 10.9 Å². The number of hydrogen-bond acceptors (Lipinski definition) is 7. The number of aliphatic hydroxyl groups is 1. The molecule has 2 aromatic carbocycles. The first-order chi connectivity index (χ1) is 14.6. The van der Waals surface area contributed by atoms with Crippen LogP contribution in [0.2, 0.25) is 0 Å². The van der Waals surface area contributed by atoms with Gasteiger partial charge in [0.15, 0.2) is 0 Å². The van der Waals surface area contributed by atoms with E-state index < -0.39 is 49.4 Å². The van der Waals surface area contributed by atoms with Crippen molar-refractivity contribution < 1.29 is 16.0 Å². The van der Waals surface area contributed by atoms with Crippen molar-refractivity contribution in [3.8, 4) is 0 Å². The van der Waals surface area contributed by atoms with Gasteiger partial charge >= 0.3 is 178 Å². The second-order valence-electron chi connectivity index (χ2n) is 7.30. The molecule has 8 nitrogen and oxygen atoms in total. The Bertz CT molecular complexity index is 1060. The number of nitrogen functional groups attached to an aromatic ring is 1. The predicted molar refractivity (Wildman–Crippen MR) is 112 cm³/mol. The second-order valence-corrected chi connectivity index (χ2v) is 15.5. The Morgan fingerprint density at radius 1 is 0.967 bits per heavy atom. The minimum absolute atomic E-state index is 0.134. The summed E-state index contributed by atoms with van der Waals surface area (Å²) in [6.07, 6.45) is -0.896. The fourth-order valence-corrected chi connectivity index (χ4v) is 14.1. The molecule has 0 unspecified atom stereocenters. The molecule has 5 rings (SSSR count). The fourth-order valence-electron chi connectivity index (χ4n) is 4.13. The van der Waals surface area contributed by atoms with E-state index >= 15 is 0 Å². The van der Waals surface area contributed by atoms with Crippen molar-refractivity contribution >= 4 is 32.2 Å². The zero-order valence-corrected chi connectivity index (χ0v) is 18.9. The third kappa shape index (κ3) is 3.15. The molecule has 0 radical (unpaired) electrons. The van der Waals surface area contributed by atoms with Crippen LogP contribution in [0.15, 0.2) is 77.7 Å². The zero-order chi connectivity index (χ0) is 20.7. The molecular formula is C21H21N3O5Sn. The average molecular weight is 514 g/mol. The van der Waals surface area contributed by atoms with E-state index in [1.165, 1.54) is 16.8 Å². The van der Waals surface area contributed by atoms with Crippen LogP contribution in [-0.4, -0.2) is 58.8 Å². The molecule has 4 atom stereocenters. The molecule has 0 aliphatic carbocycles. The van der Waals surface area contributed by atoms with Crippen LogP contribution in [0.3, 0.4) is 0 Å². The summed E-state index contributed by atoms with van der Waals surface area (Å²) in [5, 5.41) is 9.94. The molecule has 2 fully saturated rings. The van der Waals surface area contributed by atoms with Crippen molar-refractivity contribution in [2.45, 2.75) is 24.5 Å². The van der Waals surface area contributed by atoms with E-state index in [2.05, 4.69) is 4.98 Å². The number of nitrogens with zero attached hydrogens (tertiary/aromatic N) is 2. The third-order valence-electron chi connectivity index (χ3n) is 5.50.